The van der Waals surface area contributed by atoms with Crippen LogP contribution in [0.25, 0.3) is 5.65 Å². The van der Waals surface area contributed by atoms with Gasteiger partial charge in [-0.3, -0.25) is 9.20 Å². The molecule has 4 rings (SSSR count). The third kappa shape index (κ3) is 3.33. The predicted molar refractivity (Wildman–Crippen MR) is 93.7 cm³/mol. The minimum Gasteiger partial charge on any atom is -0.379 e. The minimum absolute atomic E-state index is 0.177. The van der Waals surface area contributed by atoms with Gasteiger partial charge in [-0.05, 0) is 44.2 Å². The molecule has 26 heavy (non-hydrogen) atoms. The van der Waals surface area contributed by atoms with Gasteiger partial charge in [0.05, 0.1) is 12.6 Å². The second-order valence-electron chi connectivity index (χ2n) is 7.22. The lowest BCUT2D eigenvalue weighted by Gasteiger charge is -2.34. The van der Waals surface area contributed by atoms with Crippen molar-refractivity contribution in [1.82, 2.24) is 14.7 Å². The molecule has 3 heterocycles. The Morgan fingerprint density at radius 2 is 2.27 bits per heavy atom. The number of amides is 1. The monoisotopic (exact) mass is 361 g/mol. The molecule has 1 amide bonds. The normalized spacial score (nSPS) is 23.8. The average Bonchev–Trinajstić information content (AvgIpc) is 2.93. The number of carbonyl (C=O) groups excluding carboxylic acids is 1. The quantitative estimate of drug-likeness (QED) is 0.889. The first-order valence-corrected chi connectivity index (χ1v) is 9.27. The first-order valence-electron chi connectivity index (χ1n) is 9.27. The second kappa shape index (κ2) is 7.32. The maximum absolute atomic E-state index is 14.7. The first-order chi connectivity index (χ1) is 12.6. The molecule has 1 N–H and O–H groups in total. The van der Waals surface area contributed by atoms with E-state index in [1.807, 2.05) is 0 Å². The van der Waals surface area contributed by atoms with Crippen LogP contribution in [0.1, 0.15) is 41.9 Å². The third-order valence-electron chi connectivity index (χ3n) is 5.39. The van der Waals surface area contributed by atoms with Crippen molar-refractivity contribution in [3.05, 3.63) is 35.5 Å². The maximum Gasteiger partial charge on any atom is 0.274 e. The summed E-state index contributed by atoms with van der Waals surface area (Å²) in [5.74, 6) is -0.517. The maximum atomic E-state index is 14.7. The summed E-state index contributed by atoms with van der Waals surface area (Å²) >= 11 is 0. The predicted octanol–water partition coefficient (Wildman–Crippen LogP) is 2.49. The number of imidazole rings is 1. The number of hydrogen-bond acceptors (Lipinski definition) is 4. The van der Waals surface area contributed by atoms with Crippen LogP contribution in [0.15, 0.2) is 18.2 Å². The molecule has 2 fully saturated rings. The number of halogens is 1. The second-order valence-corrected chi connectivity index (χ2v) is 7.22. The highest BCUT2D eigenvalue weighted by Crippen LogP contribution is 2.27. The van der Waals surface area contributed by atoms with Gasteiger partial charge < -0.3 is 14.8 Å². The average molecular weight is 361 g/mol. The highest BCUT2D eigenvalue weighted by Gasteiger charge is 2.31. The van der Waals surface area contributed by atoms with Gasteiger partial charge >= 0.3 is 0 Å². The highest BCUT2D eigenvalue weighted by atomic mass is 19.1. The zero-order valence-electron chi connectivity index (χ0n) is 14.9. The van der Waals surface area contributed by atoms with Crippen molar-refractivity contribution < 1.29 is 18.7 Å². The topological polar surface area (TPSA) is 64.9 Å². The third-order valence-corrected chi connectivity index (χ3v) is 5.39. The van der Waals surface area contributed by atoms with E-state index in [1.165, 1.54) is 23.7 Å². The van der Waals surface area contributed by atoms with E-state index in [9.17, 15) is 9.18 Å². The molecule has 1 saturated heterocycles. The lowest BCUT2D eigenvalue weighted by atomic mass is 9.86. The molecule has 0 unspecified atom stereocenters. The number of carbonyl (C=O) groups is 1. The molecule has 2 aromatic heterocycles. The van der Waals surface area contributed by atoms with Crippen molar-refractivity contribution in [3.8, 4) is 0 Å². The van der Waals surface area contributed by atoms with E-state index in [0.717, 1.165) is 0 Å². The molecular formula is C19H24FN3O3. The lowest BCUT2D eigenvalue weighted by molar-refractivity contribution is -0.0819. The van der Waals surface area contributed by atoms with Crippen molar-refractivity contribution >= 4 is 11.6 Å². The molecule has 2 atom stereocenters. The number of nitrogens with zero attached hydrogens (tertiary/aromatic N) is 2. The molecule has 140 valence electrons. The SMILES string of the molecule is Cc1cccc2nc(C(=O)N[C@@H]3CCOC[C@H]3OCC3CCC3)c(F)n12. The molecular weight excluding hydrogens is 337 g/mol. The number of aromatic nitrogens is 2. The Labute approximate surface area is 151 Å². The van der Waals surface area contributed by atoms with E-state index in [4.69, 9.17) is 9.47 Å². The van der Waals surface area contributed by atoms with Crippen LogP contribution in [0.5, 0.6) is 0 Å². The molecule has 6 nitrogen and oxygen atoms in total. The zero-order valence-corrected chi connectivity index (χ0v) is 14.9. The van der Waals surface area contributed by atoms with Gasteiger partial charge in [0.15, 0.2) is 5.69 Å². The van der Waals surface area contributed by atoms with Gasteiger partial charge in [-0.1, -0.05) is 12.5 Å². The highest BCUT2D eigenvalue weighted by molar-refractivity contribution is 5.93. The Morgan fingerprint density at radius 1 is 1.42 bits per heavy atom. The fourth-order valence-electron chi connectivity index (χ4n) is 3.55. The number of rotatable bonds is 5. The van der Waals surface area contributed by atoms with Crippen LogP contribution in [-0.2, 0) is 9.47 Å². The van der Waals surface area contributed by atoms with Crippen LogP contribution in [0.2, 0.25) is 0 Å². The van der Waals surface area contributed by atoms with E-state index >= 15 is 0 Å². The van der Waals surface area contributed by atoms with Crippen molar-refractivity contribution in [2.24, 2.45) is 5.92 Å². The fourth-order valence-corrected chi connectivity index (χ4v) is 3.55. The van der Waals surface area contributed by atoms with Gasteiger partial charge in [0.25, 0.3) is 5.91 Å². The van der Waals surface area contributed by atoms with Crippen LogP contribution >= 0.6 is 0 Å². The van der Waals surface area contributed by atoms with Crippen molar-refractivity contribution in [3.63, 3.8) is 0 Å². The number of aryl methyl sites for hydroxylation is 1. The fraction of sp³-hybridized carbons (Fsp3) is 0.579. The van der Waals surface area contributed by atoms with Gasteiger partial charge in [0.1, 0.15) is 11.8 Å². The summed E-state index contributed by atoms with van der Waals surface area (Å²) in [5, 5.41) is 2.91. The summed E-state index contributed by atoms with van der Waals surface area (Å²) in [6.45, 7) is 3.48. The largest absolute Gasteiger partial charge is 0.379 e. The van der Waals surface area contributed by atoms with Gasteiger partial charge in [-0.25, -0.2) is 4.98 Å². The van der Waals surface area contributed by atoms with Gasteiger partial charge in [0, 0.05) is 18.9 Å². The van der Waals surface area contributed by atoms with Gasteiger partial charge in [-0.2, -0.15) is 4.39 Å². The summed E-state index contributed by atoms with van der Waals surface area (Å²) < 4.78 is 27.5. The zero-order chi connectivity index (χ0) is 18.1. The Kier molecular flexibility index (Phi) is 4.91. The molecule has 0 radical (unpaired) electrons. The van der Waals surface area contributed by atoms with E-state index < -0.39 is 11.9 Å². The lowest BCUT2D eigenvalue weighted by Crippen LogP contribution is -2.50. The molecule has 0 aromatic carbocycles. The van der Waals surface area contributed by atoms with Crippen LogP contribution in [0.3, 0.4) is 0 Å². The smallest absolute Gasteiger partial charge is 0.274 e. The number of fused-ring (bicyclic) bond motifs is 1. The van der Waals surface area contributed by atoms with E-state index in [-0.39, 0.29) is 17.8 Å². The number of ether oxygens (including phenoxy) is 2. The molecule has 1 aliphatic heterocycles. The molecule has 2 aliphatic rings. The molecule has 1 aliphatic carbocycles. The minimum atomic E-state index is -0.630. The van der Waals surface area contributed by atoms with Crippen LogP contribution in [0.4, 0.5) is 4.39 Å². The molecule has 0 spiro atoms. The van der Waals surface area contributed by atoms with Crippen LogP contribution < -0.4 is 5.32 Å². The van der Waals surface area contributed by atoms with Crippen LogP contribution in [0, 0.1) is 18.8 Å². The molecule has 2 aromatic rings. The summed E-state index contributed by atoms with van der Waals surface area (Å²) in [6.07, 6.45) is 4.12. The number of pyridine rings is 1. The van der Waals surface area contributed by atoms with E-state index in [1.54, 1.807) is 25.1 Å². The number of nitrogens with one attached hydrogen (secondary N) is 1. The van der Waals surface area contributed by atoms with E-state index in [2.05, 4.69) is 10.3 Å². The summed E-state index contributed by atoms with van der Waals surface area (Å²) in [4.78, 5) is 16.8. The van der Waals surface area contributed by atoms with Crippen molar-refractivity contribution in [1.29, 1.82) is 0 Å². The van der Waals surface area contributed by atoms with Gasteiger partial charge in [0.2, 0.25) is 5.95 Å². The first kappa shape index (κ1) is 17.4. The summed E-state index contributed by atoms with van der Waals surface area (Å²) in [6, 6.07) is 5.07. The summed E-state index contributed by atoms with van der Waals surface area (Å²) in [7, 11) is 0. The molecule has 1 saturated carbocycles. The summed E-state index contributed by atoms with van der Waals surface area (Å²) in [5.41, 5.74) is 0.945. The van der Waals surface area contributed by atoms with Crippen molar-refractivity contribution in [2.75, 3.05) is 19.8 Å². The van der Waals surface area contributed by atoms with Crippen LogP contribution in [-0.4, -0.2) is 47.3 Å². The molecule has 7 heteroatoms. The van der Waals surface area contributed by atoms with Crippen molar-refractivity contribution in [2.45, 2.75) is 44.8 Å². The Bertz CT molecular complexity index is 803. The molecule has 0 bridgehead atoms. The number of hydrogen-bond donors (Lipinski definition) is 1. The Morgan fingerprint density at radius 3 is 3.00 bits per heavy atom. The standard InChI is InChI=1S/C19H24FN3O3/c1-12-4-2-7-16-22-17(18(20)23(12)16)19(24)21-14-8-9-25-11-15(14)26-10-13-5-3-6-13/h2,4,7,13-15H,3,5-6,8-11H2,1H3,(H,21,24)/t14-,15-/m1/s1. The van der Waals surface area contributed by atoms with E-state index in [0.29, 0.717) is 43.5 Å². The Hall–Kier alpha value is -1.99. The van der Waals surface area contributed by atoms with Gasteiger partial charge in [-0.15, -0.1) is 0 Å². The Balaban J connectivity index is 1.47.